The zero-order valence-electron chi connectivity index (χ0n) is 11.3. The molecule has 1 aromatic carbocycles. The molecule has 0 spiro atoms. The summed E-state index contributed by atoms with van der Waals surface area (Å²) in [5.41, 5.74) is 2.02. The Labute approximate surface area is 115 Å². The Morgan fingerprint density at radius 3 is 2.40 bits per heavy atom. The summed E-state index contributed by atoms with van der Waals surface area (Å²) in [4.78, 5) is 0. The van der Waals surface area contributed by atoms with Crippen LogP contribution in [0.2, 0.25) is 0 Å². The SMILES string of the molecule is CCc1nn(C)cc1NCc1ccc(C(F)(F)F)cc1. The summed E-state index contributed by atoms with van der Waals surface area (Å²) in [5, 5.41) is 7.49. The van der Waals surface area contributed by atoms with Gasteiger partial charge in [-0.15, -0.1) is 0 Å². The number of nitrogens with zero attached hydrogens (tertiary/aromatic N) is 2. The van der Waals surface area contributed by atoms with Gasteiger partial charge in [0.05, 0.1) is 16.9 Å². The molecule has 0 bridgehead atoms. The number of hydrogen-bond donors (Lipinski definition) is 1. The molecule has 0 radical (unpaired) electrons. The Bertz CT molecular complexity index is 570. The van der Waals surface area contributed by atoms with E-state index in [1.54, 1.807) is 4.68 Å². The summed E-state index contributed by atoms with van der Waals surface area (Å²) in [6.07, 6.45) is -1.62. The van der Waals surface area contributed by atoms with E-state index in [0.29, 0.717) is 6.54 Å². The van der Waals surface area contributed by atoms with Crippen LogP contribution < -0.4 is 5.32 Å². The van der Waals surface area contributed by atoms with Crippen LogP contribution in [0.15, 0.2) is 30.5 Å². The van der Waals surface area contributed by atoms with Crippen molar-refractivity contribution in [1.29, 1.82) is 0 Å². The van der Waals surface area contributed by atoms with Gasteiger partial charge in [0.2, 0.25) is 0 Å². The van der Waals surface area contributed by atoms with Crippen LogP contribution in [0.25, 0.3) is 0 Å². The molecule has 1 heterocycles. The minimum Gasteiger partial charge on any atom is -0.378 e. The van der Waals surface area contributed by atoms with Gasteiger partial charge in [0.1, 0.15) is 0 Å². The third-order valence-corrected chi connectivity index (χ3v) is 3.00. The lowest BCUT2D eigenvalue weighted by molar-refractivity contribution is -0.137. The van der Waals surface area contributed by atoms with Crippen LogP contribution in [-0.4, -0.2) is 9.78 Å². The first-order chi connectivity index (χ1) is 9.40. The molecular formula is C14H16F3N3. The van der Waals surface area contributed by atoms with Crippen molar-refractivity contribution in [3.05, 3.63) is 47.3 Å². The van der Waals surface area contributed by atoms with Crippen LogP contribution in [0.3, 0.4) is 0 Å². The second-order valence-electron chi connectivity index (χ2n) is 4.56. The lowest BCUT2D eigenvalue weighted by atomic mass is 10.1. The molecule has 20 heavy (non-hydrogen) atoms. The van der Waals surface area contributed by atoms with Gasteiger partial charge >= 0.3 is 6.18 Å². The van der Waals surface area contributed by atoms with E-state index in [0.717, 1.165) is 35.5 Å². The number of nitrogens with one attached hydrogen (secondary N) is 1. The third kappa shape index (κ3) is 3.31. The van der Waals surface area contributed by atoms with Crippen molar-refractivity contribution in [2.24, 2.45) is 7.05 Å². The molecular weight excluding hydrogens is 267 g/mol. The maximum atomic E-state index is 12.4. The van der Waals surface area contributed by atoms with Gasteiger partial charge in [0.25, 0.3) is 0 Å². The van der Waals surface area contributed by atoms with Crippen molar-refractivity contribution in [2.75, 3.05) is 5.32 Å². The van der Waals surface area contributed by atoms with Crippen LogP contribution in [-0.2, 0) is 26.2 Å². The molecule has 0 fully saturated rings. The van der Waals surface area contributed by atoms with E-state index in [-0.39, 0.29) is 0 Å². The molecule has 0 atom stereocenters. The average Bonchev–Trinajstić information content (AvgIpc) is 2.76. The lowest BCUT2D eigenvalue weighted by Crippen LogP contribution is -2.05. The molecule has 0 aliphatic rings. The minimum atomic E-state index is -4.29. The van der Waals surface area contributed by atoms with Gasteiger partial charge in [0, 0.05) is 19.8 Å². The summed E-state index contributed by atoms with van der Waals surface area (Å²) in [6.45, 7) is 2.47. The van der Waals surface area contributed by atoms with Crippen molar-refractivity contribution in [2.45, 2.75) is 26.1 Å². The minimum absolute atomic E-state index is 0.469. The Morgan fingerprint density at radius 2 is 1.85 bits per heavy atom. The van der Waals surface area contributed by atoms with Gasteiger partial charge in [-0.1, -0.05) is 19.1 Å². The van der Waals surface area contributed by atoms with Gasteiger partial charge in [0.15, 0.2) is 0 Å². The molecule has 0 aliphatic heterocycles. The van der Waals surface area contributed by atoms with Gasteiger partial charge in [-0.05, 0) is 24.1 Å². The number of anilines is 1. The number of rotatable bonds is 4. The van der Waals surface area contributed by atoms with Gasteiger partial charge in [-0.3, -0.25) is 4.68 Å². The van der Waals surface area contributed by atoms with Crippen molar-refractivity contribution in [3.8, 4) is 0 Å². The van der Waals surface area contributed by atoms with E-state index in [4.69, 9.17) is 0 Å². The number of aryl methyl sites for hydroxylation is 2. The third-order valence-electron chi connectivity index (χ3n) is 3.00. The number of halogens is 3. The van der Waals surface area contributed by atoms with Gasteiger partial charge < -0.3 is 5.32 Å². The maximum Gasteiger partial charge on any atom is 0.416 e. The average molecular weight is 283 g/mol. The topological polar surface area (TPSA) is 29.9 Å². The molecule has 0 aliphatic carbocycles. The summed E-state index contributed by atoms with van der Waals surface area (Å²) < 4.78 is 39.1. The molecule has 1 aromatic heterocycles. The van der Waals surface area contributed by atoms with Crippen LogP contribution in [0.5, 0.6) is 0 Å². The molecule has 6 heteroatoms. The zero-order chi connectivity index (χ0) is 14.8. The van der Waals surface area contributed by atoms with Crippen molar-refractivity contribution < 1.29 is 13.2 Å². The van der Waals surface area contributed by atoms with Crippen molar-refractivity contribution in [1.82, 2.24) is 9.78 Å². The molecule has 1 N–H and O–H groups in total. The largest absolute Gasteiger partial charge is 0.416 e. The summed E-state index contributed by atoms with van der Waals surface area (Å²) in [6, 6.07) is 5.16. The molecule has 0 unspecified atom stereocenters. The van der Waals surface area contributed by atoms with Crippen LogP contribution in [0, 0.1) is 0 Å². The highest BCUT2D eigenvalue weighted by Crippen LogP contribution is 2.29. The first-order valence-electron chi connectivity index (χ1n) is 6.32. The molecule has 2 aromatic rings. The van der Waals surface area contributed by atoms with Crippen LogP contribution >= 0.6 is 0 Å². The normalized spacial score (nSPS) is 11.7. The van der Waals surface area contributed by atoms with Gasteiger partial charge in [-0.25, -0.2) is 0 Å². The standard InChI is InChI=1S/C14H16F3N3/c1-3-12-13(9-20(2)19-12)18-8-10-4-6-11(7-5-10)14(15,16)17/h4-7,9,18H,3,8H2,1-2H3. The second kappa shape index (κ2) is 5.56. The van der Waals surface area contributed by atoms with Gasteiger partial charge in [-0.2, -0.15) is 18.3 Å². The fourth-order valence-electron chi connectivity index (χ4n) is 1.95. The smallest absolute Gasteiger partial charge is 0.378 e. The van der Waals surface area contributed by atoms with E-state index >= 15 is 0 Å². The molecule has 0 saturated heterocycles. The highest BCUT2D eigenvalue weighted by atomic mass is 19.4. The monoisotopic (exact) mass is 283 g/mol. The molecule has 108 valence electrons. The number of aromatic nitrogens is 2. The first-order valence-corrected chi connectivity index (χ1v) is 6.32. The predicted molar refractivity (Wildman–Crippen MR) is 71.4 cm³/mol. The Hall–Kier alpha value is -1.98. The highest BCUT2D eigenvalue weighted by molar-refractivity contribution is 5.46. The lowest BCUT2D eigenvalue weighted by Gasteiger charge is -2.09. The predicted octanol–water partition coefficient (Wildman–Crippen LogP) is 3.61. The maximum absolute atomic E-state index is 12.4. The van der Waals surface area contributed by atoms with E-state index in [1.165, 1.54) is 12.1 Å². The van der Waals surface area contributed by atoms with E-state index < -0.39 is 11.7 Å². The summed E-state index contributed by atoms with van der Waals surface area (Å²) in [5.74, 6) is 0. The Kier molecular flexibility index (Phi) is 4.01. The van der Waals surface area contributed by atoms with E-state index in [9.17, 15) is 13.2 Å². The first kappa shape index (κ1) is 14.4. The number of alkyl halides is 3. The quantitative estimate of drug-likeness (QED) is 0.929. The summed E-state index contributed by atoms with van der Waals surface area (Å²) >= 11 is 0. The van der Waals surface area contributed by atoms with Crippen LogP contribution in [0.4, 0.5) is 18.9 Å². The second-order valence-corrected chi connectivity index (χ2v) is 4.56. The molecule has 2 rings (SSSR count). The van der Waals surface area contributed by atoms with Crippen LogP contribution in [0.1, 0.15) is 23.7 Å². The molecule has 3 nitrogen and oxygen atoms in total. The molecule has 0 saturated carbocycles. The summed E-state index contributed by atoms with van der Waals surface area (Å²) in [7, 11) is 1.84. The highest BCUT2D eigenvalue weighted by Gasteiger charge is 2.29. The van der Waals surface area contributed by atoms with E-state index in [2.05, 4.69) is 10.4 Å². The fourth-order valence-corrected chi connectivity index (χ4v) is 1.95. The molecule has 0 amide bonds. The number of hydrogen-bond acceptors (Lipinski definition) is 2. The zero-order valence-corrected chi connectivity index (χ0v) is 11.3. The Morgan fingerprint density at radius 1 is 1.20 bits per heavy atom. The van der Waals surface area contributed by atoms with Crippen molar-refractivity contribution >= 4 is 5.69 Å². The fraction of sp³-hybridized carbons (Fsp3) is 0.357. The Balaban J connectivity index is 2.04. The van der Waals surface area contributed by atoms with E-state index in [1.807, 2.05) is 20.2 Å². The van der Waals surface area contributed by atoms with Crippen molar-refractivity contribution in [3.63, 3.8) is 0 Å². The number of benzene rings is 1.